The van der Waals surface area contributed by atoms with E-state index in [1.165, 1.54) is 0 Å². The van der Waals surface area contributed by atoms with Gasteiger partial charge in [0.15, 0.2) is 0 Å². The molecule has 0 aromatic carbocycles. The molecule has 50 valence electrons. The van der Waals surface area contributed by atoms with Gasteiger partial charge in [-0.15, -0.1) is 0 Å². The van der Waals surface area contributed by atoms with Gasteiger partial charge in [-0.05, 0) is 0 Å². The Labute approximate surface area is 157 Å². The normalized spacial score (nSPS) is 0. The average molecular weight is 1070 g/mol. The second kappa shape index (κ2) is 42.5. The molecule has 0 aliphatic rings. The summed E-state index contributed by atoms with van der Waals surface area (Å²) in [4.78, 5) is 0. The number of hydrogen-bond donors (Lipinski definition) is 0. The standard InChI is InChI=1S/3Pt.4Sb. The van der Waals surface area contributed by atoms with Gasteiger partial charge in [0.05, 0.1) is 0 Å². The third kappa shape index (κ3) is 34.7. The molecule has 0 spiro atoms. The average Bonchev–Trinajstić information content (AvgIpc) is 0. The smallest absolute Gasteiger partial charge is 0 e. The van der Waals surface area contributed by atoms with Crippen molar-refractivity contribution >= 4 is 97.7 Å². The van der Waals surface area contributed by atoms with E-state index in [-0.39, 0.29) is 161 Å². The van der Waals surface area contributed by atoms with E-state index in [1.807, 2.05) is 0 Å². The SMILES string of the molecule is [Pt].[Pt].[Pt].[Sb].[Sb].[Sb].[Sb]. The van der Waals surface area contributed by atoms with E-state index < -0.39 is 0 Å². The third-order valence-electron chi connectivity index (χ3n) is 0. The molecule has 0 saturated carbocycles. The van der Waals surface area contributed by atoms with Crippen LogP contribution < -0.4 is 0 Å². The van der Waals surface area contributed by atoms with Gasteiger partial charge >= 0.3 is 0 Å². The quantitative estimate of drug-likeness (QED) is 0.259. The summed E-state index contributed by atoms with van der Waals surface area (Å²) in [5, 5.41) is 0. The molecule has 0 aliphatic carbocycles. The van der Waals surface area contributed by atoms with Gasteiger partial charge < -0.3 is 0 Å². The first-order valence-electron chi connectivity index (χ1n) is 0. The van der Waals surface area contributed by atoms with Crippen LogP contribution in [0.2, 0.25) is 0 Å². The maximum absolute atomic E-state index is 0. The Morgan fingerprint density at radius 2 is 0.286 bits per heavy atom. The van der Waals surface area contributed by atoms with Crippen LogP contribution in [0.25, 0.3) is 0 Å². The third-order valence-corrected chi connectivity index (χ3v) is 0. The molecule has 0 bridgehead atoms. The van der Waals surface area contributed by atoms with Crippen LogP contribution in [-0.4, -0.2) is 97.7 Å². The van der Waals surface area contributed by atoms with Crippen LogP contribution in [0.5, 0.6) is 0 Å². The van der Waals surface area contributed by atoms with Gasteiger partial charge in [0.2, 0.25) is 0 Å². The molecule has 7 heteroatoms. The van der Waals surface area contributed by atoms with Crippen LogP contribution in [0.4, 0.5) is 0 Å². The summed E-state index contributed by atoms with van der Waals surface area (Å²) in [6.45, 7) is 0. The second-order valence-corrected chi connectivity index (χ2v) is 0. The van der Waals surface area contributed by atoms with Crippen molar-refractivity contribution in [3.8, 4) is 0 Å². The van der Waals surface area contributed by atoms with Crippen molar-refractivity contribution in [2.45, 2.75) is 0 Å². The molecule has 0 atom stereocenters. The molecule has 0 fully saturated rings. The monoisotopic (exact) mass is 1070 g/mol. The fourth-order valence-corrected chi connectivity index (χ4v) is 0. The predicted octanol–water partition coefficient (Wildman–Crippen LogP) is -1.53. The minimum Gasteiger partial charge on any atom is 0 e. The van der Waals surface area contributed by atoms with Crippen molar-refractivity contribution in [2.75, 3.05) is 0 Å². The molecule has 0 rings (SSSR count). The Morgan fingerprint density at radius 1 is 0.286 bits per heavy atom. The molecule has 0 nitrogen and oxygen atoms in total. The van der Waals surface area contributed by atoms with E-state index >= 15 is 0 Å². The summed E-state index contributed by atoms with van der Waals surface area (Å²) in [5.41, 5.74) is 0. The Morgan fingerprint density at radius 3 is 0.286 bits per heavy atom. The summed E-state index contributed by atoms with van der Waals surface area (Å²) in [6, 6.07) is 0. The van der Waals surface area contributed by atoms with Crippen molar-refractivity contribution in [3.05, 3.63) is 0 Å². The van der Waals surface area contributed by atoms with Crippen LogP contribution in [-0.2, 0) is 63.2 Å². The zero-order chi connectivity index (χ0) is 0. The minimum absolute atomic E-state index is 0. The van der Waals surface area contributed by atoms with Crippen molar-refractivity contribution in [3.63, 3.8) is 0 Å². The summed E-state index contributed by atoms with van der Waals surface area (Å²) in [7, 11) is 0. The fraction of sp³-hybridized carbons (Fsp3) is 0. The van der Waals surface area contributed by atoms with E-state index in [2.05, 4.69) is 0 Å². The molecule has 0 N–H and O–H groups in total. The molecule has 12 radical (unpaired) electrons. The second-order valence-electron chi connectivity index (χ2n) is 0. The van der Waals surface area contributed by atoms with Crippen molar-refractivity contribution in [1.82, 2.24) is 0 Å². The summed E-state index contributed by atoms with van der Waals surface area (Å²) in [5.74, 6) is 0. The van der Waals surface area contributed by atoms with Gasteiger partial charge in [0, 0.05) is 161 Å². The van der Waals surface area contributed by atoms with Gasteiger partial charge in [0.1, 0.15) is 0 Å². The largest absolute Gasteiger partial charge is 0 e. The van der Waals surface area contributed by atoms with E-state index in [0.29, 0.717) is 0 Å². The molecule has 0 aromatic heterocycles. The topological polar surface area (TPSA) is 0 Å². The predicted molar refractivity (Wildman–Crippen MR) is 23.0 cm³/mol. The summed E-state index contributed by atoms with van der Waals surface area (Å²) in [6.07, 6.45) is 0. The maximum Gasteiger partial charge on any atom is 0 e. The fourth-order valence-electron chi connectivity index (χ4n) is 0. The molecule has 7 heavy (non-hydrogen) atoms. The van der Waals surface area contributed by atoms with Crippen LogP contribution in [0.3, 0.4) is 0 Å². The molecule has 0 unspecified atom stereocenters. The van der Waals surface area contributed by atoms with Crippen LogP contribution >= 0.6 is 0 Å². The van der Waals surface area contributed by atoms with Crippen LogP contribution in [0.1, 0.15) is 0 Å². The Hall–Kier alpha value is 5.34. The van der Waals surface area contributed by atoms with Crippen LogP contribution in [0.15, 0.2) is 0 Å². The molecular formula is Pt3Sb4. The van der Waals surface area contributed by atoms with Crippen molar-refractivity contribution in [1.29, 1.82) is 0 Å². The van der Waals surface area contributed by atoms with E-state index in [9.17, 15) is 0 Å². The van der Waals surface area contributed by atoms with Crippen molar-refractivity contribution in [2.24, 2.45) is 0 Å². The van der Waals surface area contributed by atoms with Gasteiger partial charge in [-0.3, -0.25) is 0 Å². The first-order chi connectivity index (χ1) is 0. The summed E-state index contributed by atoms with van der Waals surface area (Å²) >= 11 is 0. The molecule has 0 aromatic rings. The molecule has 0 amide bonds. The molecular weight excluding hydrogens is 1070 g/mol. The van der Waals surface area contributed by atoms with Gasteiger partial charge in [-0.25, -0.2) is 0 Å². The number of hydrogen-bond acceptors (Lipinski definition) is 0. The van der Waals surface area contributed by atoms with E-state index in [4.69, 9.17) is 0 Å². The van der Waals surface area contributed by atoms with Gasteiger partial charge in [-0.2, -0.15) is 0 Å². The first kappa shape index (κ1) is 55.7. The van der Waals surface area contributed by atoms with Gasteiger partial charge in [-0.1, -0.05) is 0 Å². The minimum atomic E-state index is 0. The number of rotatable bonds is 0. The van der Waals surface area contributed by atoms with E-state index in [0.717, 1.165) is 0 Å². The Balaban J connectivity index is 0. The van der Waals surface area contributed by atoms with E-state index in [1.54, 1.807) is 0 Å². The summed E-state index contributed by atoms with van der Waals surface area (Å²) < 4.78 is 0. The van der Waals surface area contributed by atoms with Crippen molar-refractivity contribution < 1.29 is 63.2 Å². The van der Waals surface area contributed by atoms with Gasteiger partial charge in [0.25, 0.3) is 0 Å². The molecule has 0 aliphatic heterocycles. The Kier molecular flexibility index (Phi) is 338. The zero-order valence-corrected chi connectivity index (χ0v) is 19.8. The first-order valence-corrected chi connectivity index (χ1v) is 0. The zero-order valence-electron chi connectivity index (χ0n) is 2.74. The molecule has 0 heterocycles. The molecule has 0 saturated heterocycles. The maximum atomic E-state index is 0. The van der Waals surface area contributed by atoms with Crippen LogP contribution in [0, 0.1) is 0 Å². The Bertz CT molecular complexity index is 6.90.